The van der Waals surface area contributed by atoms with E-state index < -0.39 is 6.61 Å². The first kappa shape index (κ1) is 19.8. The number of halogens is 2. The zero-order chi connectivity index (χ0) is 18.9. The summed E-state index contributed by atoms with van der Waals surface area (Å²) in [6, 6.07) is 7.92. The van der Waals surface area contributed by atoms with E-state index >= 15 is 0 Å². The molecule has 1 aromatic carbocycles. The molecule has 2 aromatic rings. The molecule has 0 atom stereocenters. The zero-order valence-corrected chi connectivity index (χ0v) is 15.1. The summed E-state index contributed by atoms with van der Waals surface area (Å²) in [6.45, 7) is -2.06. The second kappa shape index (κ2) is 9.86. The van der Waals surface area contributed by atoms with Gasteiger partial charge in [-0.1, -0.05) is 12.1 Å². The van der Waals surface area contributed by atoms with Gasteiger partial charge in [0.25, 0.3) is 5.91 Å². The number of carbonyl (C=O) groups excluding carboxylic acids is 2. The summed E-state index contributed by atoms with van der Waals surface area (Å²) in [4.78, 5) is 25.4. The van der Waals surface area contributed by atoms with Gasteiger partial charge >= 0.3 is 6.61 Å². The van der Waals surface area contributed by atoms with Gasteiger partial charge in [0.2, 0.25) is 5.91 Å². The minimum Gasteiger partial charge on any atom is -0.435 e. The molecule has 2 amide bonds. The molecule has 0 aliphatic rings. The lowest BCUT2D eigenvalue weighted by Gasteiger charge is -2.17. The van der Waals surface area contributed by atoms with E-state index in [-0.39, 0.29) is 17.6 Å². The number of nitrogens with one attached hydrogen (secondary N) is 1. The van der Waals surface area contributed by atoms with Crippen molar-refractivity contribution < 1.29 is 23.1 Å². The van der Waals surface area contributed by atoms with E-state index in [0.29, 0.717) is 31.5 Å². The number of hydrogen-bond acceptors (Lipinski definition) is 4. The van der Waals surface area contributed by atoms with E-state index in [1.165, 1.54) is 23.5 Å². The molecule has 0 unspecified atom stereocenters. The summed E-state index contributed by atoms with van der Waals surface area (Å²) in [5.74, 6) is -0.111. The van der Waals surface area contributed by atoms with Crippen molar-refractivity contribution in [1.82, 2.24) is 10.2 Å². The van der Waals surface area contributed by atoms with Gasteiger partial charge < -0.3 is 15.0 Å². The molecule has 1 aromatic heterocycles. The largest absolute Gasteiger partial charge is 0.435 e. The smallest absolute Gasteiger partial charge is 0.387 e. The monoisotopic (exact) mass is 382 g/mol. The number of benzene rings is 1. The highest BCUT2D eigenvalue weighted by atomic mass is 32.1. The van der Waals surface area contributed by atoms with Gasteiger partial charge in [0.05, 0.1) is 0 Å². The SMILES string of the molecule is CN(Cc1ccc(OC(F)F)cc1)C(=O)CCCNC(=O)c1ccsc1. The lowest BCUT2D eigenvalue weighted by Crippen LogP contribution is -2.28. The number of amides is 2. The van der Waals surface area contributed by atoms with Crippen LogP contribution in [-0.2, 0) is 11.3 Å². The van der Waals surface area contributed by atoms with Crippen LogP contribution in [0, 0.1) is 0 Å². The summed E-state index contributed by atoms with van der Waals surface area (Å²) in [5, 5.41) is 6.38. The van der Waals surface area contributed by atoms with E-state index in [2.05, 4.69) is 10.1 Å². The molecule has 0 aliphatic carbocycles. The lowest BCUT2D eigenvalue weighted by atomic mass is 10.2. The summed E-state index contributed by atoms with van der Waals surface area (Å²) in [7, 11) is 1.68. The van der Waals surface area contributed by atoms with Crippen molar-refractivity contribution in [3.63, 3.8) is 0 Å². The maximum atomic E-state index is 12.1. The Labute approximate surface area is 154 Å². The second-order valence-electron chi connectivity index (χ2n) is 5.64. The van der Waals surface area contributed by atoms with E-state index in [9.17, 15) is 18.4 Å². The average Bonchev–Trinajstić information content (AvgIpc) is 3.14. The van der Waals surface area contributed by atoms with Gasteiger partial charge in [-0.25, -0.2) is 0 Å². The molecule has 0 fully saturated rings. The molecule has 26 heavy (non-hydrogen) atoms. The van der Waals surface area contributed by atoms with E-state index in [1.54, 1.807) is 35.5 Å². The molecule has 8 heteroatoms. The fourth-order valence-electron chi connectivity index (χ4n) is 2.27. The molecule has 5 nitrogen and oxygen atoms in total. The lowest BCUT2D eigenvalue weighted by molar-refractivity contribution is -0.130. The molecule has 140 valence electrons. The van der Waals surface area contributed by atoms with E-state index in [1.807, 2.05) is 5.38 Å². The Morgan fingerprint density at radius 2 is 1.96 bits per heavy atom. The van der Waals surface area contributed by atoms with Gasteiger partial charge in [0.15, 0.2) is 0 Å². The number of carbonyl (C=O) groups is 2. The first-order chi connectivity index (χ1) is 12.5. The highest BCUT2D eigenvalue weighted by Gasteiger charge is 2.11. The van der Waals surface area contributed by atoms with Crippen molar-refractivity contribution in [2.75, 3.05) is 13.6 Å². The number of ether oxygens (including phenoxy) is 1. The molecule has 0 spiro atoms. The van der Waals surface area contributed by atoms with Crippen LogP contribution in [-0.4, -0.2) is 36.9 Å². The van der Waals surface area contributed by atoms with Crippen molar-refractivity contribution in [3.8, 4) is 5.75 Å². The Hall–Kier alpha value is -2.48. The quantitative estimate of drug-likeness (QED) is 0.675. The molecule has 0 radical (unpaired) electrons. The Morgan fingerprint density at radius 3 is 2.58 bits per heavy atom. The number of nitrogens with zero attached hydrogens (tertiary/aromatic N) is 1. The third kappa shape index (κ3) is 6.44. The molecule has 0 saturated carbocycles. The van der Waals surface area contributed by atoms with Crippen LogP contribution in [0.4, 0.5) is 8.78 Å². The highest BCUT2D eigenvalue weighted by Crippen LogP contribution is 2.16. The predicted molar refractivity (Wildman–Crippen MR) is 95.4 cm³/mol. The van der Waals surface area contributed by atoms with E-state index in [0.717, 1.165) is 5.56 Å². The summed E-state index contributed by atoms with van der Waals surface area (Å²) < 4.78 is 28.5. The van der Waals surface area contributed by atoms with Gasteiger partial charge in [-0.3, -0.25) is 9.59 Å². The second-order valence-corrected chi connectivity index (χ2v) is 6.42. The molecular weight excluding hydrogens is 362 g/mol. The van der Waals surface area contributed by atoms with Gasteiger partial charge in [0, 0.05) is 37.5 Å². The molecular formula is C18H20F2N2O3S. The minimum absolute atomic E-state index is 0.0531. The number of hydrogen-bond donors (Lipinski definition) is 1. The van der Waals surface area contributed by atoms with E-state index in [4.69, 9.17) is 0 Å². The standard InChI is InChI=1S/C18H20F2N2O3S/c1-22(11-13-4-6-15(7-5-13)25-18(19)20)16(23)3-2-9-21-17(24)14-8-10-26-12-14/h4-8,10,12,18H,2-3,9,11H2,1H3,(H,21,24). The van der Waals surface area contributed by atoms with Crippen LogP contribution in [0.3, 0.4) is 0 Å². The Balaban J connectivity index is 1.69. The molecule has 0 aliphatic heterocycles. The number of thiophene rings is 1. The Morgan fingerprint density at radius 1 is 1.23 bits per heavy atom. The fourth-order valence-corrected chi connectivity index (χ4v) is 2.90. The first-order valence-electron chi connectivity index (χ1n) is 8.04. The van der Waals surface area contributed by atoms with Gasteiger partial charge in [0.1, 0.15) is 5.75 Å². The Kier molecular flexibility index (Phi) is 7.53. The van der Waals surface area contributed by atoms with Gasteiger partial charge in [-0.2, -0.15) is 20.1 Å². The van der Waals surface area contributed by atoms with Crippen LogP contribution < -0.4 is 10.1 Å². The molecule has 0 bridgehead atoms. The number of alkyl halides is 2. The van der Waals surface area contributed by atoms with Crippen LogP contribution in [0.15, 0.2) is 41.1 Å². The normalized spacial score (nSPS) is 10.6. The molecule has 1 heterocycles. The third-order valence-corrected chi connectivity index (χ3v) is 4.31. The van der Waals surface area contributed by atoms with Crippen molar-refractivity contribution in [3.05, 3.63) is 52.2 Å². The van der Waals surface area contributed by atoms with Crippen molar-refractivity contribution >= 4 is 23.2 Å². The van der Waals surface area contributed by atoms with Crippen molar-refractivity contribution in [1.29, 1.82) is 0 Å². The van der Waals surface area contributed by atoms with Crippen molar-refractivity contribution in [2.45, 2.75) is 26.0 Å². The third-order valence-electron chi connectivity index (χ3n) is 3.63. The first-order valence-corrected chi connectivity index (χ1v) is 8.98. The summed E-state index contributed by atoms with van der Waals surface area (Å²) >= 11 is 1.45. The zero-order valence-electron chi connectivity index (χ0n) is 14.3. The van der Waals surface area contributed by atoms with Crippen LogP contribution >= 0.6 is 11.3 Å². The fraction of sp³-hybridized carbons (Fsp3) is 0.333. The van der Waals surface area contributed by atoms with Crippen molar-refractivity contribution in [2.24, 2.45) is 0 Å². The molecule has 1 N–H and O–H groups in total. The Bertz CT molecular complexity index is 706. The maximum Gasteiger partial charge on any atom is 0.387 e. The topological polar surface area (TPSA) is 58.6 Å². The molecule has 0 saturated heterocycles. The predicted octanol–water partition coefficient (Wildman–Crippen LogP) is 3.52. The summed E-state index contributed by atoms with van der Waals surface area (Å²) in [5.41, 5.74) is 1.44. The number of rotatable bonds is 9. The van der Waals surface area contributed by atoms with Crippen LogP contribution in [0.25, 0.3) is 0 Å². The summed E-state index contributed by atoms with van der Waals surface area (Å²) in [6.07, 6.45) is 0.854. The van der Waals surface area contributed by atoms with Crippen LogP contribution in [0.2, 0.25) is 0 Å². The maximum absolute atomic E-state index is 12.1. The van der Waals surface area contributed by atoms with Gasteiger partial charge in [-0.05, 0) is 35.6 Å². The van der Waals surface area contributed by atoms with Crippen LogP contribution in [0.1, 0.15) is 28.8 Å². The average molecular weight is 382 g/mol. The van der Waals surface area contributed by atoms with Gasteiger partial charge in [-0.15, -0.1) is 0 Å². The highest BCUT2D eigenvalue weighted by molar-refractivity contribution is 7.08. The minimum atomic E-state index is -2.86. The molecule has 2 rings (SSSR count). The van der Waals surface area contributed by atoms with Crippen LogP contribution in [0.5, 0.6) is 5.75 Å².